The van der Waals surface area contributed by atoms with Crippen molar-refractivity contribution in [3.05, 3.63) is 44.8 Å². The number of carbonyl (C=O) groups excluding carboxylic acids is 1. The first-order chi connectivity index (χ1) is 13.0. The summed E-state index contributed by atoms with van der Waals surface area (Å²) in [5.41, 5.74) is 1.73. The Balaban J connectivity index is 1.73. The Bertz CT molecular complexity index is 1030. The Hall–Kier alpha value is -2.78. The van der Waals surface area contributed by atoms with E-state index in [2.05, 4.69) is 15.5 Å². The number of aromatic nitrogens is 2. The second-order valence-corrected chi connectivity index (χ2v) is 6.95. The molecule has 2 aromatic heterocycles. The van der Waals surface area contributed by atoms with Crippen LogP contribution >= 0.6 is 11.3 Å². The summed E-state index contributed by atoms with van der Waals surface area (Å²) in [4.78, 5) is 23.8. The van der Waals surface area contributed by atoms with Crippen LogP contribution in [0.3, 0.4) is 0 Å². The highest BCUT2D eigenvalue weighted by Gasteiger charge is 2.13. The molecule has 1 N–H and O–H groups in total. The molecule has 8 nitrogen and oxygen atoms in total. The van der Waals surface area contributed by atoms with Crippen LogP contribution in [0.25, 0.3) is 11.0 Å². The lowest BCUT2D eigenvalue weighted by Crippen LogP contribution is -2.12. The molecule has 142 valence electrons. The van der Waals surface area contributed by atoms with E-state index in [1.807, 2.05) is 13.0 Å². The number of benzene rings is 1. The summed E-state index contributed by atoms with van der Waals surface area (Å²) in [5, 5.41) is 12.5. The normalized spacial score (nSPS) is 10.9. The van der Waals surface area contributed by atoms with Crippen molar-refractivity contribution in [2.45, 2.75) is 26.4 Å². The predicted molar refractivity (Wildman–Crippen MR) is 101 cm³/mol. The molecule has 0 fully saturated rings. The smallest absolute Gasteiger partial charge is 0.336 e. The molecule has 0 bridgehead atoms. The summed E-state index contributed by atoms with van der Waals surface area (Å²) in [5.74, 6) is 0.399. The maximum atomic E-state index is 12.2. The van der Waals surface area contributed by atoms with Gasteiger partial charge in [-0.2, -0.15) is 0 Å². The van der Waals surface area contributed by atoms with Gasteiger partial charge in [-0.05, 0) is 30.5 Å². The number of nitrogens with one attached hydrogen (secondary N) is 1. The van der Waals surface area contributed by atoms with Gasteiger partial charge >= 0.3 is 5.63 Å². The molecule has 0 radical (unpaired) electrons. The molecular weight excluding hydrogens is 370 g/mol. The maximum Gasteiger partial charge on any atom is 0.336 e. The van der Waals surface area contributed by atoms with Crippen molar-refractivity contribution in [1.29, 1.82) is 0 Å². The summed E-state index contributed by atoms with van der Waals surface area (Å²) in [6.07, 6.45) is 0.712. The summed E-state index contributed by atoms with van der Waals surface area (Å²) in [7, 11) is 3.11. The minimum atomic E-state index is -0.404. The molecule has 1 amide bonds. The maximum absolute atomic E-state index is 12.2. The molecule has 0 atom stereocenters. The van der Waals surface area contributed by atoms with Crippen LogP contribution in [0, 0.1) is 6.92 Å². The molecule has 27 heavy (non-hydrogen) atoms. The molecule has 3 rings (SSSR count). The minimum Gasteiger partial charge on any atom is -0.496 e. The van der Waals surface area contributed by atoms with E-state index in [4.69, 9.17) is 13.9 Å². The number of fused-ring (bicyclic) bond motifs is 1. The highest BCUT2D eigenvalue weighted by molar-refractivity contribution is 7.15. The van der Waals surface area contributed by atoms with Gasteiger partial charge in [0.15, 0.2) is 0 Å². The zero-order chi connectivity index (χ0) is 19.4. The average molecular weight is 389 g/mol. The number of amides is 1. The monoisotopic (exact) mass is 389 g/mol. The van der Waals surface area contributed by atoms with Gasteiger partial charge in [-0.15, -0.1) is 10.2 Å². The van der Waals surface area contributed by atoms with E-state index in [1.165, 1.54) is 24.5 Å². The minimum absolute atomic E-state index is 0.173. The van der Waals surface area contributed by atoms with Crippen molar-refractivity contribution in [3.63, 3.8) is 0 Å². The molecule has 3 aromatic rings. The Labute approximate surface area is 159 Å². The fourth-order valence-electron chi connectivity index (χ4n) is 2.69. The SMILES string of the molecule is COCc1nnc(NC(=O)CCc2cc3c(C)cc(=O)oc3cc2OC)s1. The Kier molecular flexibility index (Phi) is 5.82. The van der Waals surface area contributed by atoms with E-state index in [0.29, 0.717) is 34.5 Å². The first-order valence-corrected chi connectivity index (χ1v) is 9.04. The number of methoxy groups -OCH3 is 2. The standard InChI is InChI=1S/C18H19N3O5S/c1-10-6-17(23)26-14-8-13(25-3)11(7-12(10)14)4-5-15(22)19-18-21-20-16(27-18)9-24-2/h6-8H,4-5,9H2,1-3H3,(H,19,21,22). The third-order valence-corrected chi connectivity index (χ3v) is 4.77. The van der Waals surface area contributed by atoms with Crippen molar-refractivity contribution in [1.82, 2.24) is 10.2 Å². The van der Waals surface area contributed by atoms with Crippen LogP contribution in [0.4, 0.5) is 5.13 Å². The van der Waals surface area contributed by atoms with Gasteiger partial charge in [0, 0.05) is 31.0 Å². The number of nitrogens with zero attached hydrogens (tertiary/aromatic N) is 2. The van der Waals surface area contributed by atoms with Crippen molar-refractivity contribution in [2.24, 2.45) is 0 Å². The van der Waals surface area contributed by atoms with E-state index < -0.39 is 5.63 Å². The van der Waals surface area contributed by atoms with Crippen molar-refractivity contribution in [3.8, 4) is 5.75 Å². The number of hydrogen-bond acceptors (Lipinski definition) is 8. The second-order valence-electron chi connectivity index (χ2n) is 5.89. The number of aryl methyl sites for hydroxylation is 2. The van der Waals surface area contributed by atoms with Gasteiger partial charge in [-0.3, -0.25) is 4.79 Å². The molecule has 0 aliphatic carbocycles. The molecule has 0 aliphatic heterocycles. The van der Waals surface area contributed by atoms with Crippen LogP contribution in [0.15, 0.2) is 27.4 Å². The van der Waals surface area contributed by atoms with Crippen LogP contribution < -0.4 is 15.7 Å². The Morgan fingerprint density at radius 3 is 2.81 bits per heavy atom. The summed E-state index contributed by atoms with van der Waals surface area (Å²) in [6.45, 7) is 2.20. The molecular formula is C18H19N3O5S. The quantitative estimate of drug-likeness (QED) is 0.620. The van der Waals surface area contributed by atoms with Crippen molar-refractivity contribution >= 4 is 33.3 Å². The van der Waals surface area contributed by atoms with E-state index in [0.717, 1.165) is 16.5 Å². The zero-order valence-electron chi connectivity index (χ0n) is 15.2. The van der Waals surface area contributed by atoms with E-state index in [9.17, 15) is 9.59 Å². The largest absolute Gasteiger partial charge is 0.496 e. The van der Waals surface area contributed by atoms with Gasteiger partial charge in [0.2, 0.25) is 11.0 Å². The molecule has 2 heterocycles. The first kappa shape index (κ1) is 19.0. The molecule has 1 aromatic carbocycles. The number of anilines is 1. The van der Waals surface area contributed by atoms with Crippen LogP contribution in [0.5, 0.6) is 5.75 Å². The highest BCUT2D eigenvalue weighted by Crippen LogP contribution is 2.28. The summed E-state index contributed by atoms with van der Waals surface area (Å²) < 4.78 is 15.6. The lowest BCUT2D eigenvalue weighted by molar-refractivity contribution is -0.116. The van der Waals surface area contributed by atoms with Gasteiger partial charge < -0.3 is 19.2 Å². The third kappa shape index (κ3) is 4.50. The Morgan fingerprint density at radius 1 is 1.26 bits per heavy atom. The fourth-order valence-corrected chi connectivity index (χ4v) is 3.42. The van der Waals surface area contributed by atoms with Gasteiger partial charge in [0.05, 0.1) is 7.11 Å². The number of ether oxygens (including phenoxy) is 2. The molecule has 0 unspecified atom stereocenters. The van der Waals surface area contributed by atoms with E-state index in [1.54, 1.807) is 13.2 Å². The lowest BCUT2D eigenvalue weighted by atomic mass is 10.0. The van der Waals surface area contributed by atoms with Crippen LogP contribution in [-0.4, -0.2) is 30.3 Å². The van der Waals surface area contributed by atoms with Gasteiger partial charge in [0.25, 0.3) is 0 Å². The molecule has 0 saturated carbocycles. The number of rotatable bonds is 7. The zero-order valence-corrected chi connectivity index (χ0v) is 16.0. The third-order valence-electron chi connectivity index (χ3n) is 3.95. The lowest BCUT2D eigenvalue weighted by Gasteiger charge is -2.10. The van der Waals surface area contributed by atoms with Gasteiger partial charge in [-0.25, -0.2) is 4.79 Å². The Morgan fingerprint density at radius 2 is 2.07 bits per heavy atom. The second kappa shape index (κ2) is 8.28. The van der Waals surface area contributed by atoms with E-state index >= 15 is 0 Å². The molecule has 9 heteroatoms. The molecule has 0 saturated heterocycles. The van der Waals surface area contributed by atoms with Gasteiger partial charge in [-0.1, -0.05) is 11.3 Å². The summed E-state index contributed by atoms with van der Waals surface area (Å²) in [6, 6.07) is 5.01. The summed E-state index contributed by atoms with van der Waals surface area (Å²) >= 11 is 1.27. The van der Waals surface area contributed by atoms with Crippen molar-refractivity contribution < 1.29 is 18.7 Å². The van der Waals surface area contributed by atoms with Crippen LogP contribution in [0.2, 0.25) is 0 Å². The fraction of sp³-hybridized carbons (Fsp3) is 0.333. The molecule has 0 aliphatic rings. The predicted octanol–water partition coefficient (Wildman–Crippen LogP) is 2.68. The van der Waals surface area contributed by atoms with E-state index in [-0.39, 0.29) is 12.3 Å². The first-order valence-electron chi connectivity index (χ1n) is 8.22. The van der Waals surface area contributed by atoms with Crippen LogP contribution in [0.1, 0.15) is 22.6 Å². The van der Waals surface area contributed by atoms with Crippen LogP contribution in [-0.2, 0) is 22.6 Å². The number of carbonyl (C=O) groups is 1. The topological polar surface area (TPSA) is 104 Å². The van der Waals surface area contributed by atoms with Crippen molar-refractivity contribution in [2.75, 3.05) is 19.5 Å². The highest BCUT2D eigenvalue weighted by atomic mass is 32.1. The van der Waals surface area contributed by atoms with Gasteiger partial charge in [0.1, 0.15) is 22.9 Å². The molecule has 0 spiro atoms. The average Bonchev–Trinajstić information content (AvgIpc) is 3.06. The number of hydrogen-bond donors (Lipinski definition) is 1.